The van der Waals surface area contributed by atoms with Gasteiger partial charge in [0.2, 0.25) is 17.6 Å². The van der Waals surface area contributed by atoms with E-state index in [-0.39, 0.29) is 41.1 Å². The molecule has 0 bridgehead atoms. The number of pyridine rings is 1. The summed E-state index contributed by atoms with van der Waals surface area (Å²) in [5.41, 5.74) is -0.843. The van der Waals surface area contributed by atoms with E-state index in [1.807, 2.05) is 26.8 Å². The van der Waals surface area contributed by atoms with Crippen LogP contribution in [-0.4, -0.2) is 92.6 Å². The highest BCUT2D eigenvalue weighted by atomic mass is 32.2. The first kappa shape index (κ1) is 42.6. The Morgan fingerprint density at radius 2 is 1.72 bits per heavy atom. The molecule has 1 aromatic heterocycles. The summed E-state index contributed by atoms with van der Waals surface area (Å²) in [5.74, 6) is -0.958. The van der Waals surface area contributed by atoms with Crippen molar-refractivity contribution in [3.05, 3.63) is 36.8 Å². The number of rotatable bonds is 19. The van der Waals surface area contributed by atoms with Crippen LogP contribution in [0.4, 0.5) is 0 Å². The Kier molecular flexibility index (Phi) is 14.8. The summed E-state index contributed by atoms with van der Waals surface area (Å²) in [6.45, 7) is 19.4. The predicted molar refractivity (Wildman–Crippen MR) is 208 cm³/mol. The molecule has 12 nitrogen and oxygen atoms in total. The fraction of sp³-hybridized carbons (Fsp3) is 0.725. The van der Waals surface area contributed by atoms with Crippen molar-refractivity contribution in [3.63, 3.8) is 0 Å². The number of nitrogens with one attached hydrogen (secondary N) is 4. The first-order chi connectivity index (χ1) is 24.9. The Balaban J connectivity index is 1.50. The molecule has 1 saturated heterocycles. The highest BCUT2D eigenvalue weighted by molar-refractivity contribution is 7.89. The van der Waals surface area contributed by atoms with Gasteiger partial charge in [-0.2, -0.15) is 0 Å². The van der Waals surface area contributed by atoms with E-state index < -0.39 is 46.6 Å². The zero-order valence-corrected chi connectivity index (χ0v) is 34.2. The van der Waals surface area contributed by atoms with Gasteiger partial charge in [-0.25, -0.2) is 4.98 Å². The molecule has 53 heavy (non-hydrogen) atoms. The van der Waals surface area contributed by atoms with Gasteiger partial charge < -0.3 is 30.7 Å². The van der Waals surface area contributed by atoms with Crippen molar-refractivity contribution in [1.82, 2.24) is 35.5 Å². The van der Waals surface area contributed by atoms with Crippen molar-refractivity contribution in [2.24, 2.45) is 22.7 Å². The number of ketones is 1. The zero-order valence-electron chi connectivity index (χ0n) is 33.3. The standard InChI is InChI=1S/C40H65N7O5S/c1-10-11-15-28-23-31(36(49)45-30(22-27-16-14-17-27)34(48)37(50)44-29-19-20-29)47(24-28)38(51)35(40(6,7)8)43-26(2)42-32(39(3,4)5)25-46(9)53(52)33-18-12-13-21-41-33/h12-13,18,21,27-32,35,42-43H,2,10-11,14-17,19-20,22-25H2,1,3-9H3,(H,44,50)(H,45,49)/t28-,30?,31+,32-,35-,53?/m1/s1. The number of likely N-dealkylation sites (N-methyl/N-ethyl adjacent to an activating group) is 1. The minimum absolute atomic E-state index is 0.0370. The van der Waals surface area contributed by atoms with Crippen LogP contribution in [0, 0.1) is 22.7 Å². The highest BCUT2D eigenvalue weighted by Gasteiger charge is 2.46. The predicted octanol–water partition coefficient (Wildman–Crippen LogP) is 4.45. The number of likely N-dealkylation sites (tertiary alicyclic amines) is 1. The first-order valence-electron chi connectivity index (χ1n) is 19.6. The molecule has 2 saturated carbocycles. The molecule has 4 rings (SSSR count). The molecule has 13 heteroatoms. The minimum Gasteiger partial charge on any atom is -0.592 e. The number of Topliss-reactive ketones (excluding diaryl/α,β-unsaturated/α-hetero) is 1. The summed E-state index contributed by atoms with van der Waals surface area (Å²) in [7, 11) is 1.79. The van der Waals surface area contributed by atoms with Crippen LogP contribution in [0.1, 0.15) is 113 Å². The monoisotopic (exact) mass is 755 g/mol. The summed E-state index contributed by atoms with van der Waals surface area (Å²) in [4.78, 5) is 61.0. The van der Waals surface area contributed by atoms with Crippen LogP contribution in [0.3, 0.4) is 0 Å². The SMILES string of the molecule is C=C(N[C@H](C(=O)N1C[C@H](CCCC)C[C@H]1C(=O)NC(CC1CCC1)C(=O)C(=O)NC1CC1)C(C)(C)C)N[C@H](CN(C)[S+]([O-])c1ccccn1)C(C)(C)C. The molecule has 3 amide bonds. The zero-order chi connectivity index (χ0) is 39.1. The third kappa shape index (κ3) is 12.2. The van der Waals surface area contributed by atoms with Gasteiger partial charge in [-0.1, -0.05) is 93.2 Å². The Hall–Kier alpha value is -3.16. The van der Waals surface area contributed by atoms with Crippen LogP contribution in [-0.2, 0) is 30.5 Å². The number of unbranched alkanes of at least 4 members (excludes halogenated alkanes) is 1. The molecule has 4 N–H and O–H groups in total. The summed E-state index contributed by atoms with van der Waals surface area (Å²) in [6.07, 6.45) is 10.2. The molecule has 3 fully saturated rings. The van der Waals surface area contributed by atoms with Crippen LogP contribution in [0.25, 0.3) is 0 Å². The maximum absolute atomic E-state index is 14.7. The molecule has 3 aliphatic rings. The molecule has 2 aliphatic carbocycles. The van der Waals surface area contributed by atoms with E-state index >= 15 is 0 Å². The second-order valence-corrected chi connectivity index (χ2v) is 19.2. The Morgan fingerprint density at radius 3 is 2.26 bits per heavy atom. The van der Waals surface area contributed by atoms with Crippen molar-refractivity contribution >= 4 is 34.9 Å². The average molecular weight is 756 g/mol. The van der Waals surface area contributed by atoms with E-state index in [2.05, 4.69) is 60.5 Å². The molecule has 6 atom stereocenters. The van der Waals surface area contributed by atoms with Crippen LogP contribution >= 0.6 is 0 Å². The summed E-state index contributed by atoms with van der Waals surface area (Å²) >= 11 is -1.47. The lowest BCUT2D eigenvalue weighted by Gasteiger charge is -2.39. The molecule has 1 aromatic rings. The minimum atomic E-state index is -1.47. The summed E-state index contributed by atoms with van der Waals surface area (Å²) in [6, 6.07) is 2.75. The molecule has 1 aliphatic heterocycles. The van der Waals surface area contributed by atoms with E-state index in [1.165, 1.54) is 0 Å². The number of carbonyl (C=O) groups is 4. The molecule has 0 spiro atoms. The maximum atomic E-state index is 14.7. The number of hydrogen-bond acceptors (Lipinski definition) is 9. The van der Waals surface area contributed by atoms with Gasteiger partial charge in [0.15, 0.2) is 0 Å². The van der Waals surface area contributed by atoms with E-state index in [0.29, 0.717) is 36.8 Å². The summed E-state index contributed by atoms with van der Waals surface area (Å²) in [5, 5.41) is 13.1. The smallest absolute Gasteiger partial charge is 0.289 e. The molecule has 0 aromatic carbocycles. The lowest BCUT2D eigenvalue weighted by atomic mass is 9.80. The fourth-order valence-electron chi connectivity index (χ4n) is 7.03. The normalized spacial score (nSPS) is 21.6. The molecular weight excluding hydrogens is 691 g/mol. The Bertz CT molecular complexity index is 1420. The number of amides is 3. The van der Waals surface area contributed by atoms with Gasteiger partial charge in [0.25, 0.3) is 10.9 Å². The van der Waals surface area contributed by atoms with Gasteiger partial charge in [0.05, 0.1) is 18.4 Å². The Labute approximate surface area is 320 Å². The third-order valence-electron chi connectivity index (χ3n) is 10.9. The number of nitrogens with zero attached hydrogens (tertiary/aromatic N) is 3. The quantitative estimate of drug-likeness (QED) is 0.118. The topological polar surface area (TPSA) is 159 Å². The average Bonchev–Trinajstić information content (AvgIpc) is 3.79. The second-order valence-electron chi connectivity index (χ2n) is 17.7. The van der Waals surface area contributed by atoms with Gasteiger partial charge in [0.1, 0.15) is 23.4 Å². The lowest BCUT2D eigenvalue weighted by molar-refractivity contribution is -0.144. The highest BCUT2D eigenvalue weighted by Crippen LogP contribution is 2.33. The van der Waals surface area contributed by atoms with Gasteiger partial charge >= 0.3 is 0 Å². The van der Waals surface area contributed by atoms with E-state index in [9.17, 15) is 23.7 Å². The van der Waals surface area contributed by atoms with Crippen LogP contribution in [0.5, 0.6) is 0 Å². The van der Waals surface area contributed by atoms with Gasteiger partial charge in [-0.15, -0.1) is 4.31 Å². The lowest BCUT2D eigenvalue weighted by Crippen LogP contribution is -2.59. The fourth-order valence-corrected chi connectivity index (χ4v) is 7.98. The van der Waals surface area contributed by atoms with Crippen molar-refractivity contribution in [2.45, 2.75) is 148 Å². The van der Waals surface area contributed by atoms with Crippen molar-refractivity contribution in [2.75, 3.05) is 20.1 Å². The van der Waals surface area contributed by atoms with Gasteiger partial charge in [-0.3, -0.25) is 19.2 Å². The third-order valence-corrected chi connectivity index (χ3v) is 12.2. The molecule has 0 radical (unpaired) electrons. The molecule has 2 heterocycles. The first-order valence-corrected chi connectivity index (χ1v) is 20.7. The van der Waals surface area contributed by atoms with Crippen molar-refractivity contribution in [3.8, 4) is 0 Å². The van der Waals surface area contributed by atoms with Crippen LogP contribution in [0.15, 0.2) is 41.8 Å². The van der Waals surface area contributed by atoms with Gasteiger partial charge in [-0.05, 0) is 60.8 Å². The van der Waals surface area contributed by atoms with E-state index in [4.69, 9.17) is 0 Å². The number of hydrogen-bond donors (Lipinski definition) is 4. The van der Waals surface area contributed by atoms with Crippen LogP contribution < -0.4 is 21.3 Å². The van der Waals surface area contributed by atoms with Crippen molar-refractivity contribution < 1.29 is 23.7 Å². The Morgan fingerprint density at radius 1 is 1.02 bits per heavy atom. The second kappa shape index (κ2) is 18.4. The number of aromatic nitrogens is 1. The van der Waals surface area contributed by atoms with Crippen molar-refractivity contribution in [1.29, 1.82) is 0 Å². The molecular formula is C40H65N7O5S. The van der Waals surface area contributed by atoms with Crippen LogP contribution in [0.2, 0.25) is 0 Å². The largest absolute Gasteiger partial charge is 0.592 e. The molecule has 2 unspecified atom stereocenters. The number of carbonyl (C=O) groups excluding carboxylic acids is 4. The van der Waals surface area contributed by atoms with E-state index in [1.54, 1.807) is 34.6 Å². The molecule has 296 valence electrons. The van der Waals surface area contributed by atoms with Gasteiger partial charge in [0, 0.05) is 37.9 Å². The summed E-state index contributed by atoms with van der Waals surface area (Å²) < 4.78 is 15.0. The van der Waals surface area contributed by atoms with E-state index in [0.717, 1.165) is 51.4 Å². The maximum Gasteiger partial charge on any atom is 0.289 e.